The SMILES string of the molecule is O=C([C@H]1CCc2[nH]nnc2C1)N1CC2(CC(c3cnc(NC4Cc5ccccc5C4)nc3)=NO2)C1. The van der Waals surface area contributed by atoms with Crippen molar-refractivity contribution < 1.29 is 9.63 Å². The zero-order chi connectivity index (χ0) is 23.4. The normalized spacial score (nSPS) is 22.2. The monoisotopic (exact) mass is 470 g/mol. The number of oxime groups is 1. The molecule has 2 aromatic heterocycles. The summed E-state index contributed by atoms with van der Waals surface area (Å²) in [5, 5.41) is 18.7. The number of fused-ring (bicyclic) bond motifs is 2. The minimum Gasteiger partial charge on any atom is -0.385 e. The molecule has 1 atom stereocenters. The minimum atomic E-state index is -0.425. The molecule has 0 radical (unpaired) electrons. The fraction of sp³-hybridized carbons (Fsp3) is 0.440. The summed E-state index contributed by atoms with van der Waals surface area (Å²) in [5.74, 6) is 0.769. The van der Waals surface area contributed by atoms with Crippen LogP contribution in [0.4, 0.5) is 5.95 Å². The summed E-state index contributed by atoms with van der Waals surface area (Å²) in [6, 6.07) is 8.86. The summed E-state index contributed by atoms with van der Waals surface area (Å²) in [4.78, 5) is 29.8. The lowest BCUT2D eigenvalue weighted by Gasteiger charge is -2.46. The maximum absolute atomic E-state index is 13.0. The van der Waals surface area contributed by atoms with Crippen LogP contribution in [0.1, 0.15) is 40.9 Å². The molecule has 7 rings (SSSR count). The van der Waals surface area contributed by atoms with E-state index in [1.807, 2.05) is 4.90 Å². The van der Waals surface area contributed by atoms with Crippen LogP contribution in [0.5, 0.6) is 0 Å². The van der Waals surface area contributed by atoms with Gasteiger partial charge in [-0.05, 0) is 36.8 Å². The Kier molecular flexibility index (Phi) is 4.61. The van der Waals surface area contributed by atoms with Gasteiger partial charge < -0.3 is 15.1 Å². The van der Waals surface area contributed by atoms with Gasteiger partial charge in [0.1, 0.15) is 0 Å². The molecule has 1 fully saturated rings. The highest BCUT2D eigenvalue weighted by molar-refractivity contribution is 6.01. The van der Waals surface area contributed by atoms with Gasteiger partial charge in [0.05, 0.1) is 30.2 Å². The Balaban J connectivity index is 0.932. The van der Waals surface area contributed by atoms with Gasteiger partial charge in [0.2, 0.25) is 11.9 Å². The molecule has 1 saturated heterocycles. The lowest BCUT2D eigenvalue weighted by molar-refractivity contribution is -0.166. The summed E-state index contributed by atoms with van der Waals surface area (Å²) in [6.45, 7) is 1.12. The molecule has 0 saturated carbocycles. The van der Waals surface area contributed by atoms with Crippen molar-refractivity contribution in [1.82, 2.24) is 30.3 Å². The highest BCUT2D eigenvalue weighted by Crippen LogP contribution is 2.37. The Morgan fingerprint density at radius 3 is 2.66 bits per heavy atom. The zero-order valence-corrected chi connectivity index (χ0v) is 19.3. The molecule has 2 aliphatic heterocycles. The van der Waals surface area contributed by atoms with Crippen molar-refractivity contribution >= 4 is 17.6 Å². The fourth-order valence-corrected chi connectivity index (χ4v) is 5.80. The molecular weight excluding hydrogens is 444 g/mol. The van der Waals surface area contributed by atoms with Crippen LogP contribution in [0.15, 0.2) is 41.8 Å². The van der Waals surface area contributed by atoms with Gasteiger partial charge in [0.25, 0.3) is 0 Å². The van der Waals surface area contributed by atoms with Crippen LogP contribution in [0.25, 0.3) is 0 Å². The maximum Gasteiger partial charge on any atom is 0.226 e. The molecule has 3 aromatic rings. The fourth-order valence-electron chi connectivity index (χ4n) is 5.80. The minimum absolute atomic E-state index is 0.0344. The highest BCUT2D eigenvalue weighted by Gasteiger charge is 2.52. The zero-order valence-electron chi connectivity index (χ0n) is 19.3. The Morgan fingerprint density at radius 1 is 1.11 bits per heavy atom. The molecule has 10 nitrogen and oxygen atoms in total. The van der Waals surface area contributed by atoms with Crippen molar-refractivity contribution in [2.75, 3.05) is 18.4 Å². The van der Waals surface area contributed by atoms with Gasteiger partial charge in [-0.3, -0.25) is 9.89 Å². The van der Waals surface area contributed by atoms with E-state index >= 15 is 0 Å². The Labute approximate surface area is 202 Å². The van der Waals surface area contributed by atoms with E-state index in [1.54, 1.807) is 12.4 Å². The van der Waals surface area contributed by atoms with E-state index in [-0.39, 0.29) is 11.8 Å². The summed E-state index contributed by atoms with van der Waals surface area (Å²) < 4.78 is 0. The first-order valence-electron chi connectivity index (χ1n) is 12.2. The van der Waals surface area contributed by atoms with E-state index in [9.17, 15) is 4.79 Å². The molecule has 1 amide bonds. The second-order valence-electron chi connectivity index (χ2n) is 10.2. The number of carbonyl (C=O) groups excluding carboxylic acids is 1. The first kappa shape index (κ1) is 20.5. The van der Waals surface area contributed by atoms with E-state index in [0.717, 1.165) is 48.3 Å². The summed E-state index contributed by atoms with van der Waals surface area (Å²) in [5.41, 5.74) is 6.03. The number of aryl methyl sites for hydroxylation is 1. The maximum atomic E-state index is 13.0. The molecule has 2 aliphatic carbocycles. The van der Waals surface area contributed by atoms with Gasteiger partial charge in [-0.25, -0.2) is 9.97 Å². The van der Waals surface area contributed by atoms with Crippen molar-refractivity contribution in [1.29, 1.82) is 0 Å². The molecule has 4 heterocycles. The number of nitrogens with one attached hydrogen (secondary N) is 2. The second kappa shape index (κ2) is 7.86. The van der Waals surface area contributed by atoms with Crippen LogP contribution in [-0.2, 0) is 35.3 Å². The molecule has 2 N–H and O–H groups in total. The van der Waals surface area contributed by atoms with Crippen molar-refractivity contribution in [3.05, 3.63) is 64.7 Å². The van der Waals surface area contributed by atoms with E-state index in [0.29, 0.717) is 37.9 Å². The molecule has 178 valence electrons. The van der Waals surface area contributed by atoms with Crippen LogP contribution in [-0.4, -0.2) is 66.6 Å². The summed E-state index contributed by atoms with van der Waals surface area (Å²) in [7, 11) is 0. The standard InChI is InChI=1S/C25H26N8O2/c34-23(17-5-6-20-21(9-17)30-32-29-20)33-13-25(14-33)10-22(31-35-25)18-11-26-24(27-12-18)28-19-7-15-3-1-2-4-16(15)8-19/h1-4,11-12,17,19H,5-10,13-14H2,(H,26,27,28)(H,29,30,32)/t17-/m0/s1. The van der Waals surface area contributed by atoms with Crippen LogP contribution >= 0.6 is 0 Å². The number of aromatic nitrogens is 5. The predicted molar refractivity (Wildman–Crippen MR) is 127 cm³/mol. The van der Waals surface area contributed by atoms with Crippen LogP contribution in [0.2, 0.25) is 0 Å². The number of nitrogens with zero attached hydrogens (tertiary/aromatic N) is 6. The predicted octanol–water partition coefficient (Wildman–Crippen LogP) is 1.68. The average molecular weight is 471 g/mol. The third-order valence-corrected chi connectivity index (χ3v) is 7.71. The lowest BCUT2D eigenvalue weighted by Crippen LogP contribution is -2.64. The molecule has 35 heavy (non-hydrogen) atoms. The lowest BCUT2D eigenvalue weighted by atomic mass is 9.83. The number of likely N-dealkylation sites (tertiary alicyclic amines) is 1. The third-order valence-electron chi connectivity index (χ3n) is 7.71. The quantitative estimate of drug-likeness (QED) is 0.595. The Morgan fingerprint density at radius 2 is 1.89 bits per heavy atom. The Hall–Kier alpha value is -3.82. The van der Waals surface area contributed by atoms with Crippen molar-refractivity contribution in [3.8, 4) is 0 Å². The molecule has 4 aliphatic rings. The van der Waals surface area contributed by atoms with Crippen LogP contribution in [0.3, 0.4) is 0 Å². The number of rotatable bonds is 4. The van der Waals surface area contributed by atoms with Crippen molar-refractivity contribution in [3.63, 3.8) is 0 Å². The molecular formula is C25H26N8O2. The number of benzene rings is 1. The molecule has 1 aromatic carbocycles. The van der Waals surface area contributed by atoms with E-state index in [1.165, 1.54) is 11.1 Å². The molecule has 10 heteroatoms. The second-order valence-corrected chi connectivity index (χ2v) is 10.2. The summed E-state index contributed by atoms with van der Waals surface area (Å²) in [6.07, 6.45) is 8.53. The third kappa shape index (κ3) is 3.64. The summed E-state index contributed by atoms with van der Waals surface area (Å²) >= 11 is 0. The number of H-pyrrole nitrogens is 1. The number of hydrogen-bond donors (Lipinski definition) is 2. The van der Waals surface area contributed by atoms with Gasteiger partial charge in [-0.15, -0.1) is 5.10 Å². The topological polar surface area (TPSA) is 121 Å². The first-order chi connectivity index (χ1) is 17.1. The number of carbonyl (C=O) groups is 1. The average Bonchev–Trinajstić information content (AvgIpc) is 3.60. The van der Waals surface area contributed by atoms with Gasteiger partial charge in [0, 0.05) is 42.8 Å². The van der Waals surface area contributed by atoms with Crippen molar-refractivity contribution in [2.24, 2.45) is 11.1 Å². The van der Waals surface area contributed by atoms with Gasteiger partial charge in [-0.2, -0.15) is 0 Å². The van der Waals surface area contributed by atoms with Gasteiger partial charge >= 0.3 is 0 Å². The molecule has 0 bridgehead atoms. The number of aromatic amines is 1. The van der Waals surface area contributed by atoms with E-state index in [2.05, 4.69) is 60.1 Å². The van der Waals surface area contributed by atoms with Crippen LogP contribution in [0, 0.1) is 5.92 Å². The van der Waals surface area contributed by atoms with E-state index in [4.69, 9.17) is 4.84 Å². The molecule has 0 unspecified atom stereocenters. The van der Waals surface area contributed by atoms with Gasteiger partial charge in [-0.1, -0.05) is 34.6 Å². The Bertz CT molecular complexity index is 1290. The van der Waals surface area contributed by atoms with E-state index < -0.39 is 5.60 Å². The van der Waals surface area contributed by atoms with Crippen LogP contribution < -0.4 is 5.32 Å². The highest BCUT2D eigenvalue weighted by atomic mass is 16.7. The smallest absolute Gasteiger partial charge is 0.226 e. The number of hydrogen-bond acceptors (Lipinski definition) is 8. The largest absolute Gasteiger partial charge is 0.385 e. The van der Waals surface area contributed by atoms with Gasteiger partial charge in [0.15, 0.2) is 5.60 Å². The number of amides is 1. The van der Waals surface area contributed by atoms with Crippen molar-refractivity contribution in [2.45, 2.75) is 50.2 Å². The first-order valence-corrected chi connectivity index (χ1v) is 12.2. The number of anilines is 1. The molecule has 1 spiro atoms.